The Bertz CT molecular complexity index is 191. The molecule has 0 aromatic rings. The molecule has 0 unspecified atom stereocenters. The number of carbonyl (C=O) groups excluding carboxylic acids is 1. The Kier molecular flexibility index (Phi) is 1.72. The SMILES string of the molecule is NC(=O)N1CC2(CCOCC2)C1. The van der Waals surface area contributed by atoms with E-state index in [9.17, 15) is 4.79 Å². The molecule has 2 heterocycles. The van der Waals surface area contributed by atoms with Crippen molar-refractivity contribution in [3.8, 4) is 0 Å². The first-order valence-corrected chi connectivity index (χ1v) is 4.34. The molecule has 12 heavy (non-hydrogen) atoms. The molecular formula is C8H14N2O2. The molecule has 2 aliphatic heterocycles. The summed E-state index contributed by atoms with van der Waals surface area (Å²) in [6.45, 7) is 3.36. The van der Waals surface area contributed by atoms with Crippen LogP contribution < -0.4 is 5.73 Å². The van der Waals surface area contributed by atoms with E-state index in [1.807, 2.05) is 0 Å². The highest BCUT2D eigenvalue weighted by atomic mass is 16.5. The Morgan fingerprint density at radius 2 is 1.92 bits per heavy atom. The Morgan fingerprint density at radius 3 is 2.42 bits per heavy atom. The maximum Gasteiger partial charge on any atom is 0.314 e. The van der Waals surface area contributed by atoms with Crippen LogP contribution in [-0.2, 0) is 4.74 Å². The maximum atomic E-state index is 10.7. The monoisotopic (exact) mass is 170 g/mol. The largest absolute Gasteiger partial charge is 0.381 e. The van der Waals surface area contributed by atoms with E-state index in [1.165, 1.54) is 0 Å². The van der Waals surface area contributed by atoms with Crippen molar-refractivity contribution in [1.29, 1.82) is 0 Å². The third kappa shape index (κ3) is 1.16. The van der Waals surface area contributed by atoms with Crippen molar-refractivity contribution in [2.45, 2.75) is 12.8 Å². The molecular weight excluding hydrogens is 156 g/mol. The molecule has 0 aliphatic carbocycles. The summed E-state index contributed by atoms with van der Waals surface area (Å²) in [5.74, 6) is 0. The number of ether oxygens (including phenoxy) is 1. The van der Waals surface area contributed by atoms with Crippen LogP contribution >= 0.6 is 0 Å². The van der Waals surface area contributed by atoms with Gasteiger partial charge in [0.15, 0.2) is 0 Å². The van der Waals surface area contributed by atoms with Gasteiger partial charge in [-0.2, -0.15) is 0 Å². The summed E-state index contributed by atoms with van der Waals surface area (Å²) in [7, 11) is 0. The molecule has 0 bridgehead atoms. The van der Waals surface area contributed by atoms with Crippen LogP contribution in [0, 0.1) is 5.41 Å². The molecule has 4 heteroatoms. The minimum absolute atomic E-state index is 0.285. The number of likely N-dealkylation sites (tertiary alicyclic amines) is 1. The zero-order valence-corrected chi connectivity index (χ0v) is 7.08. The van der Waals surface area contributed by atoms with Gasteiger partial charge in [0.25, 0.3) is 0 Å². The molecule has 2 saturated heterocycles. The molecule has 2 N–H and O–H groups in total. The summed E-state index contributed by atoms with van der Waals surface area (Å²) < 4.78 is 5.26. The lowest BCUT2D eigenvalue weighted by Gasteiger charge is -2.51. The Labute approximate surface area is 71.7 Å². The van der Waals surface area contributed by atoms with Crippen LogP contribution in [0.1, 0.15) is 12.8 Å². The molecule has 0 radical (unpaired) electrons. The molecule has 0 aromatic heterocycles. The van der Waals surface area contributed by atoms with Crippen molar-refractivity contribution < 1.29 is 9.53 Å². The summed E-state index contributed by atoms with van der Waals surface area (Å²) in [5, 5.41) is 0. The minimum atomic E-state index is -0.285. The first-order chi connectivity index (χ1) is 5.72. The van der Waals surface area contributed by atoms with E-state index in [-0.39, 0.29) is 6.03 Å². The molecule has 2 rings (SSSR count). The summed E-state index contributed by atoms with van der Waals surface area (Å²) in [6, 6.07) is -0.285. The smallest absolute Gasteiger partial charge is 0.314 e. The van der Waals surface area contributed by atoms with E-state index < -0.39 is 0 Å². The first-order valence-electron chi connectivity index (χ1n) is 4.34. The van der Waals surface area contributed by atoms with E-state index in [0.29, 0.717) is 5.41 Å². The Hall–Kier alpha value is -0.770. The van der Waals surface area contributed by atoms with Gasteiger partial charge >= 0.3 is 6.03 Å². The second-order valence-corrected chi connectivity index (χ2v) is 3.81. The lowest BCUT2D eigenvalue weighted by Crippen LogP contribution is -2.61. The highest BCUT2D eigenvalue weighted by Gasteiger charge is 2.45. The molecule has 0 aromatic carbocycles. The van der Waals surface area contributed by atoms with E-state index in [0.717, 1.165) is 39.1 Å². The fraction of sp³-hybridized carbons (Fsp3) is 0.875. The zero-order chi connectivity index (χ0) is 8.60. The molecule has 2 aliphatic rings. The van der Waals surface area contributed by atoms with E-state index in [1.54, 1.807) is 4.90 Å². The van der Waals surface area contributed by atoms with Crippen molar-refractivity contribution in [3.05, 3.63) is 0 Å². The minimum Gasteiger partial charge on any atom is -0.381 e. The number of nitrogens with zero attached hydrogens (tertiary/aromatic N) is 1. The summed E-state index contributed by atoms with van der Waals surface area (Å²) in [6.07, 6.45) is 2.16. The highest BCUT2D eigenvalue weighted by Crippen LogP contribution is 2.39. The number of rotatable bonds is 0. The summed E-state index contributed by atoms with van der Waals surface area (Å²) in [4.78, 5) is 12.4. The van der Waals surface area contributed by atoms with Crippen LogP contribution in [-0.4, -0.2) is 37.2 Å². The number of nitrogens with two attached hydrogens (primary N) is 1. The second kappa shape index (κ2) is 2.62. The average molecular weight is 170 g/mol. The molecule has 1 spiro atoms. The van der Waals surface area contributed by atoms with Crippen LogP contribution in [0.4, 0.5) is 4.79 Å². The fourth-order valence-corrected chi connectivity index (χ4v) is 2.04. The van der Waals surface area contributed by atoms with Gasteiger partial charge in [-0.05, 0) is 12.8 Å². The third-order valence-corrected chi connectivity index (χ3v) is 2.92. The second-order valence-electron chi connectivity index (χ2n) is 3.81. The zero-order valence-electron chi connectivity index (χ0n) is 7.08. The number of hydrogen-bond acceptors (Lipinski definition) is 2. The van der Waals surface area contributed by atoms with Gasteiger partial charge in [-0.3, -0.25) is 0 Å². The van der Waals surface area contributed by atoms with Gasteiger partial charge in [0.1, 0.15) is 0 Å². The van der Waals surface area contributed by atoms with Crippen LogP contribution in [0.2, 0.25) is 0 Å². The quantitative estimate of drug-likeness (QED) is 0.563. The maximum absolute atomic E-state index is 10.7. The molecule has 0 atom stereocenters. The predicted molar refractivity (Wildman–Crippen MR) is 43.6 cm³/mol. The predicted octanol–water partition coefficient (Wildman–Crippen LogP) is 0.177. The van der Waals surface area contributed by atoms with Crippen molar-refractivity contribution in [2.24, 2.45) is 11.1 Å². The normalized spacial score (nSPS) is 26.8. The Morgan fingerprint density at radius 1 is 1.33 bits per heavy atom. The van der Waals surface area contributed by atoms with Gasteiger partial charge in [-0.15, -0.1) is 0 Å². The van der Waals surface area contributed by atoms with Crippen molar-refractivity contribution in [2.75, 3.05) is 26.3 Å². The van der Waals surface area contributed by atoms with Crippen molar-refractivity contribution in [1.82, 2.24) is 4.90 Å². The fourth-order valence-electron chi connectivity index (χ4n) is 2.04. The topological polar surface area (TPSA) is 55.6 Å². The summed E-state index contributed by atoms with van der Waals surface area (Å²) >= 11 is 0. The molecule has 4 nitrogen and oxygen atoms in total. The summed E-state index contributed by atoms with van der Waals surface area (Å²) in [5.41, 5.74) is 5.50. The van der Waals surface area contributed by atoms with Gasteiger partial charge in [0.2, 0.25) is 0 Å². The Balaban J connectivity index is 1.88. The number of primary amides is 1. The number of hydrogen-bond donors (Lipinski definition) is 1. The number of carbonyl (C=O) groups is 1. The van der Waals surface area contributed by atoms with E-state index >= 15 is 0 Å². The van der Waals surface area contributed by atoms with Crippen molar-refractivity contribution in [3.63, 3.8) is 0 Å². The molecule has 2 amide bonds. The van der Waals surface area contributed by atoms with Gasteiger partial charge in [0, 0.05) is 31.7 Å². The third-order valence-electron chi connectivity index (χ3n) is 2.92. The van der Waals surface area contributed by atoms with Gasteiger partial charge in [0.05, 0.1) is 0 Å². The number of urea groups is 1. The van der Waals surface area contributed by atoms with E-state index in [2.05, 4.69) is 0 Å². The van der Waals surface area contributed by atoms with Gasteiger partial charge in [-0.1, -0.05) is 0 Å². The van der Waals surface area contributed by atoms with Gasteiger partial charge < -0.3 is 15.4 Å². The molecule has 2 fully saturated rings. The van der Waals surface area contributed by atoms with Crippen molar-refractivity contribution >= 4 is 6.03 Å². The average Bonchev–Trinajstić information content (AvgIpc) is 2.01. The molecule has 0 saturated carbocycles. The first kappa shape index (κ1) is 7.86. The highest BCUT2D eigenvalue weighted by molar-refractivity contribution is 5.73. The molecule has 68 valence electrons. The van der Waals surface area contributed by atoms with Crippen LogP contribution in [0.15, 0.2) is 0 Å². The van der Waals surface area contributed by atoms with Crippen LogP contribution in [0.5, 0.6) is 0 Å². The van der Waals surface area contributed by atoms with Gasteiger partial charge in [-0.25, -0.2) is 4.79 Å². The lowest BCUT2D eigenvalue weighted by molar-refractivity contribution is -0.0603. The van der Waals surface area contributed by atoms with Crippen LogP contribution in [0.25, 0.3) is 0 Å². The van der Waals surface area contributed by atoms with Crippen LogP contribution in [0.3, 0.4) is 0 Å². The lowest BCUT2D eigenvalue weighted by atomic mass is 9.74. The standard InChI is InChI=1S/C8H14N2O2/c9-7(11)10-5-8(6-10)1-3-12-4-2-8/h1-6H2,(H2,9,11). The number of amides is 2. The van der Waals surface area contributed by atoms with E-state index in [4.69, 9.17) is 10.5 Å².